The molecule has 1 aliphatic heterocycles. The molecule has 1 amide bonds. The van der Waals surface area contributed by atoms with Crippen molar-refractivity contribution in [2.45, 2.75) is 44.0 Å². The summed E-state index contributed by atoms with van der Waals surface area (Å²) < 4.78 is 31.4. The van der Waals surface area contributed by atoms with Crippen molar-refractivity contribution in [2.75, 3.05) is 20.2 Å². The van der Waals surface area contributed by atoms with Crippen LogP contribution in [-0.4, -0.2) is 55.9 Å². The van der Waals surface area contributed by atoms with E-state index in [0.717, 1.165) is 7.11 Å². The number of nitrogens with zero attached hydrogens (tertiary/aromatic N) is 1. The number of ether oxygens (including phenoxy) is 2. The van der Waals surface area contributed by atoms with Gasteiger partial charge in [-0.15, -0.1) is 0 Å². The van der Waals surface area contributed by atoms with Crippen molar-refractivity contribution in [3.63, 3.8) is 0 Å². The molecule has 0 aromatic rings. The first-order chi connectivity index (χ1) is 9.43. The molecule has 0 saturated carbocycles. The lowest BCUT2D eigenvalue weighted by atomic mass is 9.96. The van der Waals surface area contributed by atoms with Crippen LogP contribution in [0.4, 0.5) is 4.79 Å². The average Bonchev–Trinajstić information content (AvgIpc) is 2.34. The smallest absolute Gasteiger partial charge is 0.410 e. The van der Waals surface area contributed by atoms with Crippen molar-refractivity contribution in [1.29, 1.82) is 0 Å². The Hall–Kier alpha value is -1.02. The Morgan fingerprint density at radius 3 is 2.00 bits per heavy atom. The van der Waals surface area contributed by atoms with Crippen molar-refractivity contribution >= 4 is 31.8 Å². The zero-order valence-corrected chi connectivity index (χ0v) is 14.1. The molecule has 0 N–H and O–H groups in total. The summed E-state index contributed by atoms with van der Waals surface area (Å²) in [5.74, 6) is -0.902. The van der Waals surface area contributed by atoms with Crippen molar-refractivity contribution in [1.82, 2.24) is 4.90 Å². The van der Waals surface area contributed by atoms with E-state index in [0.29, 0.717) is 0 Å². The van der Waals surface area contributed by atoms with Crippen LogP contribution in [0, 0.1) is 0 Å². The minimum Gasteiger partial charge on any atom is -0.468 e. The minimum atomic E-state index is -4.16. The molecule has 122 valence electrons. The molecule has 1 rings (SSSR count). The normalized spacial score (nSPS) is 19.0. The molecule has 0 bridgehead atoms. The second-order valence-electron chi connectivity index (χ2n) is 5.89. The first-order valence-electron chi connectivity index (χ1n) is 6.43. The molecule has 0 aromatic heterocycles. The summed E-state index contributed by atoms with van der Waals surface area (Å²) >= 11 is 0. The summed E-state index contributed by atoms with van der Waals surface area (Å²) in [7, 11) is 2.35. The molecule has 0 spiro atoms. The maximum Gasteiger partial charge on any atom is 0.410 e. The molecule has 0 atom stereocenters. The van der Waals surface area contributed by atoms with Gasteiger partial charge in [0.25, 0.3) is 0 Å². The lowest BCUT2D eigenvalue weighted by Crippen LogP contribution is -2.54. The summed E-state index contributed by atoms with van der Waals surface area (Å²) in [6.07, 6.45) is -0.789. The van der Waals surface area contributed by atoms with Crippen molar-refractivity contribution in [2.24, 2.45) is 0 Å². The first kappa shape index (κ1) is 18.0. The fraction of sp³-hybridized carbons (Fsp3) is 0.833. The van der Waals surface area contributed by atoms with Crippen LogP contribution in [0.2, 0.25) is 0 Å². The summed E-state index contributed by atoms with van der Waals surface area (Å²) in [6.45, 7) is 5.30. The highest BCUT2D eigenvalue weighted by Gasteiger charge is 2.53. The largest absolute Gasteiger partial charge is 0.468 e. The summed E-state index contributed by atoms with van der Waals surface area (Å²) in [5, 5.41) is 0. The maximum atomic E-state index is 11.9. The second kappa shape index (κ2) is 6.00. The highest BCUT2D eigenvalue weighted by Crippen LogP contribution is 2.35. The number of carbonyl (C=O) groups is 2. The van der Waals surface area contributed by atoms with E-state index < -0.39 is 31.5 Å². The van der Waals surface area contributed by atoms with E-state index in [9.17, 15) is 18.0 Å². The van der Waals surface area contributed by atoms with E-state index in [1.807, 2.05) is 0 Å². The van der Waals surface area contributed by atoms with Gasteiger partial charge in [-0.25, -0.2) is 13.2 Å². The van der Waals surface area contributed by atoms with Gasteiger partial charge in [0.05, 0.1) is 7.11 Å². The molecule has 1 heterocycles. The number of amides is 1. The molecule has 1 aliphatic rings. The topological polar surface area (TPSA) is 90.0 Å². The third-order valence-electron chi connectivity index (χ3n) is 3.25. The number of hydrogen-bond acceptors (Lipinski definition) is 6. The molecular weight excluding hydrogens is 322 g/mol. The van der Waals surface area contributed by atoms with Gasteiger partial charge in [0, 0.05) is 23.8 Å². The molecule has 0 radical (unpaired) electrons. The monoisotopic (exact) mass is 341 g/mol. The van der Waals surface area contributed by atoms with Crippen LogP contribution in [0.15, 0.2) is 0 Å². The molecule has 0 unspecified atom stereocenters. The molecule has 0 aliphatic carbocycles. The van der Waals surface area contributed by atoms with Crippen LogP contribution in [0.1, 0.15) is 33.6 Å². The zero-order valence-electron chi connectivity index (χ0n) is 12.5. The van der Waals surface area contributed by atoms with Gasteiger partial charge in [0.1, 0.15) is 5.60 Å². The molecular formula is C12H20ClNO6S. The summed E-state index contributed by atoms with van der Waals surface area (Å²) in [4.78, 5) is 25.1. The quantitative estimate of drug-likeness (QED) is 0.558. The average molecular weight is 342 g/mol. The lowest BCUT2D eigenvalue weighted by Gasteiger charge is -2.37. The first-order valence-corrected chi connectivity index (χ1v) is 8.74. The predicted octanol–water partition coefficient (Wildman–Crippen LogP) is 1.50. The van der Waals surface area contributed by atoms with Gasteiger partial charge in [-0.05, 0) is 33.6 Å². The van der Waals surface area contributed by atoms with Crippen LogP contribution in [0.25, 0.3) is 0 Å². The lowest BCUT2D eigenvalue weighted by molar-refractivity contribution is -0.145. The number of carbonyl (C=O) groups excluding carboxylic acids is 2. The fourth-order valence-electron chi connectivity index (χ4n) is 2.11. The van der Waals surface area contributed by atoms with Crippen LogP contribution in [0.5, 0.6) is 0 Å². The molecule has 1 saturated heterocycles. The Kier molecular flexibility index (Phi) is 5.15. The number of methoxy groups -OCH3 is 1. The van der Waals surface area contributed by atoms with Crippen LogP contribution >= 0.6 is 10.7 Å². The Morgan fingerprint density at radius 1 is 1.19 bits per heavy atom. The Labute approximate surface area is 128 Å². The molecule has 9 heteroatoms. The van der Waals surface area contributed by atoms with E-state index in [-0.39, 0.29) is 25.9 Å². The van der Waals surface area contributed by atoms with E-state index in [2.05, 4.69) is 4.74 Å². The summed E-state index contributed by atoms with van der Waals surface area (Å²) in [6, 6.07) is 0. The second-order valence-corrected chi connectivity index (χ2v) is 8.77. The standard InChI is InChI=1S/C12H20ClNO6S/c1-11(2,3)20-10(16)14-7-5-12(6-8-14,9(15)19-4)21(13,17)18/h5-8H2,1-4H3. The Morgan fingerprint density at radius 2 is 1.67 bits per heavy atom. The number of likely N-dealkylation sites (tertiary alicyclic amines) is 1. The maximum absolute atomic E-state index is 11.9. The SMILES string of the molecule is COC(=O)C1(S(=O)(=O)Cl)CCN(C(=O)OC(C)(C)C)CC1. The van der Waals surface area contributed by atoms with Gasteiger partial charge in [0.2, 0.25) is 9.05 Å². The van der Waals surface area contributed by atoms with Crippen molar-refractivity contribution in [3.05, 3.63) is 0 Å². The van der Waals surface area contributed by atoms with E-state index >= 15 is 0 Å². The highest BCUT2D eigenvalue weighted by molar-refractivity contribution is 8.15. The number of hydrogen-bond donors (Lipinski definition) is 0. The van der Waals surface area contributed by atoms with Gasteiger partial charge in [-0.1, -0.05) is 0 Å². The van der Waals surface area contributed by atoms with E-state index in [1.165, 1.54) is 4.90 Å². The van der Waals surface area contributed by atoms with E-state index in [4.69, 9.17) is 15.4 Å². The zero-order chi connectivity index (χ0) is 16.5. The van der Waals surface area contributed by atoms with Gasteiger partial charge in [0.15, 0.2) is 4.75 Å². The van der Waals surface area contributed by atoms with Crippen molar-refractivity contribution < 1.29 is 27.5 Å². The Bertz CT molecular complexity index is 516. The number of halogens is 1. The molecule has 1 fully saturated rings. The van der Waals surface area contributed by atoms with Crippen LogP contribution in [-0.2, 0) is 23.3 Å². The third-order valence-corrected chi connectivity index (χ3v) is 5.64. The van der Waals surface area contributed by atoms with Gasteiger partial charge < -0.3 is 14.4 Å². The molecule has 21 heavy (non-hydrogen) atoms. The minimum absolute atomic E-state index is 0.0516. The van der Waals surface area contributed by atoms with E-state index in [1.54, 1.807) is 20.8 Å². The predicted molar refractivity (Wildman–Crippen MR) is 76.6 cm³/mol. The fourth-order valence-corrected chi connectivity index (χ4v) is 3.71. The van der Waals surface area contributed by atoms with Gasteiger partial charge in [-0.2, -0.15) is 0 Å². The third kappa shape index (κ3) is 4.00. The number of rotatable bonds is 2. The number of esters is 1. The van der Waals surface area contributed by atoms with Gasteiger partial charge >= 0.3 is 12.1 Å². The molecule has 0 aromatic carbocycles. The molecule has 7 nitrogen and oxygen atoms in total. The van der Waals surface area contributed by atoms with Gasteiger partial charge in [-0.3, -0.25) is 4.79 Å². The van der Waals surface area contributed by atoms with Crippen LogP contribution in [0.3, 0.4) is 0 Å². The highest BCUT2D eigenvalue weighted by atomic mass is 35.7. The van der Waals surface area contributed by atoms with Crippen molar-refractivity contribution in [3.8, 4) is 0 Å². The Balaban J connectivity index is 2.86. The summed E-state index contributed by atoms with van der Waals surface area (Å²) in [5.41, 5.74) is -0.646. The number of piperidine rings is 1. The van der Waals surface area contributed by atoms with Crippen LogP contribution < -0.4 is 0 Å².